The summed E-state index contributed by atoms with van der Waals surface area (Å²) in [6.45, 7) is 11.6. The third kappa shape index (κ3) is 5.20. The van der Waals surface area contributed by atoms with Crippen molar-refractivity contribution >= 4 is 11.9 Å². The Labute approximate surface area is 90.2 Å². The summed E-state index contributed by atoms with van der Waals surface area (Å²) in [7, 11) is 0. The maximum absolute atomic E-state index is 11.4. The second kappa shape index (κ2) is 4.96. The van der Waals surface area contributed by atoms with Gasteiger partial charge in [-0.25, -0.2) is 4.79 Å². The zero-order chi connectivity index (χ0) is 12.2. The van der Waals surface area contributed by atoms with Crippen molar-refractivity contribution in [3.8, 4) is 0 Å². The first kappa shape index (κ1) is 13.7. The number of esters is 2. The molecule has 0 amide bonds. The van der Waals surface area contributed by atoms with Crippen molar-refractivity contribution in [3.05, 3.63) is 12.2 Å². The van der Waals surface area contributed by atoms with Crippen LogP contribution >= 0.6 is 0 Å². The lowest BCUT2D eigenvalue weighted by molar-refractivity contribution is -0.188. The van der Waals surface area contributed by atoms with Crippen molar-refractivity contribution in [2.75, 3.05) is 0 Å². The molecule has 4 nitrogen and oxygen atoms in total. The number of carbonyl (C=O) groups excluding carboxylic acids is 2. The van der Waals surface area contributed by atoms with Crippen molar-refractivity contribution in [2.45, 2.75) is 40.9 Å². The first-order valence-electron chi connectivity index (χ1n) is 4.72. The van der Waals surface area contributed by atoms with Gasteiger partial charge in [0.2, 0.25) is 6.29 Å². The minimum Gasteiger partial charge on any atom is -0.425 e. The lowest BCUT2D eigenvalue weighted by Gasteiger charge is -2.20. The topological polar surface area (TPSA) is 52.6 Å². The minimum atomic E-state index is -0.888. The molecule has 0 aromatic carbocycles. The molecule has 15 heavy (non-hydrogen) atoms. The summed E-state index contributed by atoms with van der Waals surface area (Å²) in [4.78, 5) is 22.5. The van der Waals surface area contributed by atoms with Gasteiger partial charge in [0.25, 0.3) is 0 Å². The Bertz CT molecular complexity index is 273. The standard InChI is InChI=1S/C11H18O4/c1-7(2)9(12)14-8(3)15-10(13)11(4,5)6/h8H,1H2,2-6H3. The molecule has 0 aliphatic heterocycles. The van der Waals surface area contributed by atoms with Crippen LogP contribution in [0.15, 0.2) is 12.2 Å². The molecule has 0 N–H and O–H groups in total. The summed E-state index contributed by atoms with van der Waals surface area (Å²) in [5.41, 5.74) is -0.335. The third-order valence-electron chi connectivity index (χ3n) is 1.51. The quantitative estimate of drug-likeness (QED) is 0.410. The van der Waals surface area contributed by atoms with E-state index in [2.05, 4.69) is 6.58 Å². The van der Waals surface area contributed by atoms with E-state index in [0.717, 1.165) is 0 Å². The van der Waals surface area contributed by atoms with E-state index in [1.54, 1.807) is 20.8 Å². The van der Waals surface area contributed by atoms with Crippen LogP contribution in [0.3, 0.4) is 0 Å². The lowest BCUT2D eigenvalue weighted by atomic mass is 9.97. The van der Waals surface area contributed by atoms with Crippen LogP contribution in [0.5, 0.6) is 0 Å². The second-order valence-electron chi connectivity index (χ2n) is 4.41. The SMILES string of the molecule is C=C(C)C(=O)OC(C)OC(=O)C(C)(C)C. The van der Waals surface area contributed by atoms with Crippen LogP contribution in [0.25, 0.3) is 0 Å². The Balaban J connectivity index is 4.16. The first-order valence-corrected chi connectivity index (χ1v) is 4.72. The van der Waals surface area contributed by atoms with Crippen LogP contribution in [-0.2, 0) is 19.1 Å². The van der Waals surface area contributed by atoms with Crippen molar-refractivity contribution in [1.82, 2.24) is 0 Å². The molecule has 0 heterocycles. The van der Waals surface area contributed by atoms with Crippen LogP contribution < -0.4 is 0 Å². The summed E-state index contributed by atoms with van der Waals surface area (Å²) < 4.78 is 9.71. The number of rotatable bonds is 3. The van der Waals surface area contributed by atoms with Crippen LogP contribution in [-0.4, -0.2) is 18.2 Å². The summed E-state index contributed by atoms with van der Waals surface area (Å²) in [5.74, 6) is -0.978. The maximum atomic E-state index is 11.4. The van der Waals surface area contributed by atoms with Gasteiger partial charge < -0.3 is 9.47 Å². The number of ether oxygens (including phenoxy) is 2. The van der Waals surface area contributed by atoms with E-state index in [-0.39, 0.29) is 5.57 Å². The molecule has 0 bridgehead atoms. The molecule has 0 spiro atoms. The highest BCUT2D eigenvalue weighted by Crippen LogP contribution is 2.16. The lowest BCUT2D eigenvalue weighted by Crippen LogP contribution is -2.29. The van der Waals surface area contributed by atoms with Gasteiger partial charge in [0.05, 0.1) is 5.41 Å². The van der Waals surface area contributed by atoms with E-state index in [4.69, 9.17) is 9.47 Å². The van der Waals surface area contributed by atoms with Crippen LogP contribution in [0, 0.1) is 5.41 Å². The largest absolute Gasteiger partial charge is 0.425 e. The Morgan fingerprint density at radius 3 is 2.00 bits per heavy atom. The highest BCUT2D eigenvalue weighted by Gasteiger charge is 2.26. The van der Waals surface area contributed by atoms with E-state index in [0.29, 0.717) is 0 Å². The van der Waals surface area contributed by atoms with E-state index >= 15 is 0 Å². The fourth-order valence-corrected chi connectivity index (χ4v) is 0.603. The average molecular weight is 214 g/mol. The van der Waals surface area contributed by atoms with E-state index in [1.807, 2.05) is 0 Å². The fraction of sp³-hybridized carbons (Fsp3) is 0.636. The Morgan fingerprint density at radius 2 is 1.67 bits per heavy atom. The Morgan fingerprint density at radius 1 is 1.20 bits per heavy atom. The Kier molecular flexibility index (Phi) is 4.52. The molecule has 0 rings (SSSR count). The van der Waals surface area contributed by atoms with Gasteiger partial charge in [0.15, 0.2) is 0 Å². The Hall–Kier alpha value is -1.32. The minimum absolute atomic E-state index is 0.272. The highest BCUT2D eigenvalue weighted by atomic mass is 16.7. The summed E-state index contributed by atoms with van der Waals surface area (Å²) in [5, 5.41) is 0. The second-order valence-corrected chi connectivity index (χ2v) is 4.41. The van der Waals surface area contributed by atoms with Crippen molar-refractivity contribution in [2.24, 2.45) is 5.41 Å². The molecule has 1 atom stereocenters. The van der Waals surface area contributed by atoms with Crippen molar-refractivity contribution in [3.63, 3.8) is 0 Å². The summed E-state index contributed by atoms with van der Waals surface area (Å²) >= 11 is 0. The molecule has 0 aliphatic rings. The zero-order valence-electron chi connectivity index (χ0n) is 9.92. The normalized spacial score (nSPS) is 12.9. The number of hydrogen-bond acceptors (Lipinski definition) is 4. The van der Waals surface area contributed by atoms with E-state index in [1.165, 1.54) is 13.8 Å². The highest BCUT2D eigenvalue weighted by molar-refractivity contribution is 5.87. The molecule has 1 unspecified atom stereocenters. The molecule has 0 aromatic rings. The fourth-order valence-electron chi connectivity index (χ4n) is 0.603. The van der Waals surface area contributed by atoms with Crippen molar-refractivity contribution < 1.29 is 19.1 Å². The van der Waals surface area contributed by atoms with E-state index in [9.17, 15) is 9.59 Å². The molecule has 0 fully saturated rings. The van der Waals surface area contributed by atoms with Gasteiger partial charge >= 0.3 is 11.9 Å². The van der Waals surface area contributed by atoms with Crippen molar-refractivity contribution in [1.29, 1.82) is 0 Å². The molecule has 0 saturated carbocycles. The van der Waals surface area contributed by atoms with Crippen LogP contribution in [0.1, 0.15) is 34.6 Å². The number of hydrogen-bond donors (Lipinski definition) is 0. The smallest absolute Gasteiger partial charge is 0.336 e. The predicted octanol–water partition coefficient (Wildman–Crippen LogP) is 2.04. The molecule has 86 valence electrons. The number of carbonyl (C=O) groups is 2. The molecule has 0 aliphatic carbocycles. The summed E-state index contributed by atoms with van der Waals surface area (Å²) in [6, 6.07) is 0. The van der Waals surface area contributed by atoms with Gasteiger partial charge in [-0.1, -0.05) is 6.58 Å². The molecule has 0 radical (unpaired) electrons. The van der Waals surface area contributed by atoms with Crippen LogP contribution in [0.2, 0.25) is 0 Å². The van der Waals surface area contributed by atoms with Gasteiger partial charge in [-0.2, -0.15) is 0 Å². The molecular formula is C11H18O4. The average Bonchev–Trinajstić information content (AvgIpc) is 2.01. The van der Waals surface area contributed by atoms with Gasteiger partial charge in [-0.15, -0.1) is 0 Å². The van der Waals surface area contributed by atoms with Crippen LogP contribution in [0.4, 0.5) is 0 Å². The molecule has 0 saturated heterocycles. The third-order valence-corrected chi connectivity index (χ3v) is 1.51. The molecule has 4 heteroatoms. The van der Waals surface area contributed by atoms with Gasteiger partial charge in [-0.05, 0) is 27.7 Å². The zero-order valence-corrected chi connectivity index (χ0v) is 9.92. The van der Waals surface area contributed by atoms with Gasteiger partial charge in [0, 0.05) is 12.5 Å². The monoisotopic (exact) mass is 214 g/mol. The van der Waals surface area contributed by atoms with E-state index < -0.39 is 23.6 Å². The van der Waals surface area contributed by atoms with Gasteiger partial charge in [-0.3, -0.25) is 4.79 Å². The molecular weight excluding hydrogens is 196 g/mol. The maximum Gasteiger partial charge on any atom is 0.336 e. The first-order chi connectivity index (χ1) is 6.64. The van der Waals surface area contributed by atoms with Gasteiger partial charge in [0.1, 0.15) is 0 Å². The molecule has 0 aromatic heterocycles. The predicted molar refractivity (Wildman–Crippen MR) is 55.9 cm³/mol. The summed E-state index contributed by atoms with van der Waals surface area (Å²) in [6.07, 6.45) is -0.888.